The van der Waals surface area contributed by atoms with Crippen molar-refractivity contribution in [1.29, 1.82) is 0 Å². The molecule has 0 aliphatic rings. The normalized spacial score (nSPS) is 12.2. The summed E-state index contributed by atoms with van der Waals surface area (Å²) < 4.78 is 76.4. The van der Waals surface area contributed by atoms with E-state index in [0.29, 0.717) is 12.1 Å². The Labute approximate surface area is 152 Å². The molecule has 10 heteroatoms. The highest BCUT2D eigenvalue weighted by Crippen LogP contribution is 2.31. The highest BCUT2D eigenvalue weighted by molar-refractivity contribution is 6.05. The van der Waals surface area contributed by atoms with Gasteiger partial charge in [0.2, 0.25) is 5.43 Å². The van der Waals surface area contributed by atoms with E-state index in [1.165, 1.54) is 6.07 Å². The summed E-state index contributed by atoms with van der Waals surface area (Å²) >= 11 is 0. The van der Waals surface area contributed by atoms with E-state index in [2.05, 4.69) is 10.3 Å². The molecular weight excluding hydrogens is 390 g/mol. The first-order chi connectivity index (χ1) is 13.0. The van der Waals surface area contributed by atoms with Gasteiger partial charge in [-0.3, -0.25) is 9.59 Å². The van der Waals surface area contributed by atoms with Gasteiger partial charge in [0.1, 0.15) is 5.56 Å². The van der Waals surface area contributed by atoms with E-state index >= 15 is 0 Å². The van der Waals surface area contributed by atoms with Gasteiger partial charge in [-0.1, -0.05) is 6.07 Å². The number of nitrogens with one attached hydrogen (secondary N) is 2. The number of halogens is 6. The van der Waals surface area contributed by atoms with Crippen molar-refractivity contribution in [3.63, 3.8) is 0 Å². The van der Waals surface area contributed by atoms with Crippen LogP contribution in [0.15, 0.2) is 53.5 Å². The molecular formula is C18H10F6N2O2. The highest BCUT2D eigenvalue weighted by atomic mass is 19.4. The van der Waals surface area contributed by atoms with E-state index in [-0.39, 0.29) is 16.6 Å². The second-order valence-electron chi connectivity index (χ2n) is 5.82. The summed E-state index contributed by atoms with van der Waals surface area (Å²) in [4.78, 5) is 27.1. The van der Waals surface area contributed by atoms with Gasteiger partial charge in [-0.2, -0.15) is 26.3 Å². The molecule has 0 aliphatic heterocycles. The quantitative estimate of drug-likeness (QED) is 0.606. The number of pyridine rings is 1. The first-order valence-corrected chi connectivity index (χ1v) is 7.68. The Hall–Kier alpha value is -3.30. The molecule has 0 atom stereocenters. The number of anilines is 1. The smallest absolute Gasteiger partial charge is 0.360 e. The van der Waals surface area contributed by atoms with E-state index < -0.39 is 40.4 Å². The van der Waals surface area contributed by atoms with Gasteiger partial charge in [0, 0.05) is 22.8 Å². The van der Waals surface area contributed by atoms with Crippen LogP contribution in [0, 0.1) is 0 Å². The van der Waals surface area contributed by atoms with Gasteiger partial charge in [0.05, 0.1) is 11.1 Å². The molecule has 3 aromatic rings. The Morgan fingerprint density at radius 3 is 2.18 bits per heavy atom. The third kappa shape index (κ3) is 3.85. The Morgan fingerprint density at radius 2 is 1.54 bits per heavy atom. The number of alkyl halides is 6. The zero-order valence-electron chi connectivity index (χ0n) is 13.7. The molecule has 0 radical (unpaired) electrons. The number of fused-ring (bicyclic) bond motifs is 1. The van der Waals surface area contributed by atoms with Crippen molar-refractivity contribution >= 4 is 22.5 Å². The second-order valence-corrected chi connectivity index (χ2v) is 5.82. The molecule has 0 aliphatic carbocycles. The summed E-state index contributed by atoms with van der Waals surface area (Å²) in [6.45, 7) is 0. The molecule has 1 amide bonds. The number of amides is 1. The molecule has 3 rings (SSSR count). The molecule has 2 N–H and O–H groups in total. The summed E-state index contributed by atoms with van der Waals surface area (Å²) in [7, 11) is 0. The minimum Gasteiger partial charge on any atom is -0.360 e. The third-order valence-corrected chi connectivity index (χ3v) is 3.90. The van der Waals surface area contributed by atoms with E-state index in [9.17, 15) is 35.9 Å². The summed E-state index contributed by atoms with van der Waals surface area (Å²) in [5, 5.41) is 2.01. The molecule has 2 aromatic carbocycles. The molecule has 1 aromatic heterocycles. The highest BCUT2D eigenvalue weighted by Gasteiger charge is 2.31. The van der Waals surface area contributed by atoms with Crippen LogP contribution in [-0.4, -0.2) is 10.9 Å². The van der Waals surface area contributed by atoms with Gasteiger partial charge in [0.25, 0.3) is 5.91 Å². The summed E-state index contributed by atoms with van der Waals surface area (Å²) in [6.07, 6.45) is -8.31. The zero-order chi connectivity index (χ0) is 20.7. The molecule has 146 valence electrons. The third-order valence-electron chi connectivity index (χ3n) is 3.90. The number of carbonyl (C=O) groups is 1. The van der Waals surface area contributed by atoms with Gasteiger partial charge < -0.3 is 10.3 Å². The van der Waals surface area contributed by atoms with Gasteiger partial charge in [-0.05, 0) is 36.4 Å². The molecule has 28 heavy (non-hydrogen) atoms. The number of aromatic nitrogens is 1. The van der Waals surface area contributed by atoms with Crippen LogP contribution in [0.25, 0.3) is 10.9 Å². The molecule has 0 spiro atoms. The van der Waals surface area contributed by atoms with Crippen LogP contribution < -0.4 is 10.7 Å². The number of aromatic amines is 1. The zero-order valence-corrected chi connectivity index (χ0v) is 13.7. The van der Waals surface area contributed by atoms with Gasteiger partial charge in [0.15, 0.2) is 0 Å². The van der Waals surface area contributed by atoms with E-state index in [1.807, 2.05) is 0 Å². The Kier molecular flexibility index (Phi) is 4.66. The number of hydrogen-bond donors (Lipinski definition) is 2. The summed E-state index contributed by atoms with van der Waals surface area (Å²) in [5.41, 5.74) is -3.59. The number of hydrogen-bond acceptors (Lipinski definition) is 2. The average molecular weight is 400 g/mol. The van der Waals surface area contributed by atoms with Crippen LogP contribution in [0.5, 0.6) is 0 Å². The lowest BCUT2D eigenvalue weighted by atomic mass is 10.1. The van der Waals surface area contributed by atoms with Crippen molar-refractivity contribution < 1.29 is 31.1 Å². The monoisotopic (exact) mass is 400 g/mol. The lowest BCUT2D eigenvalue weighted by molar-refractivity contribution is -0.138. The second kappa shape index (κ2) is 6.70. The number of H-pyrrole nitrogens is 1. The van der Waals surface area contributed by atoms with Crippen LogP contribution in [0.4, 0.5) is 32.0 Å². The van der Waals surface area contributed by atoms with E-state index in [0.717, 1.165) is 30.5 Å². The lowest BCUT2D eigenvalue weighted by Gasteiger charge is -2.10. The first-order valence-electron chi connectivity index (χ1n) is 7.68. The fourth-order valence-corrected chi connectivity index (χ4v) is 2.54. The van der Waals surface area contributed by atoms with E-state index in [4.69, 9.17) is 0 Å². The standard InChI is InChI=1S/C18H10F6N2O2/c19-17(20,21)9-2-1-3-11(6-9)26-16(28)13-8-25-14-7-10(18(22,23)24)4-5-12(14)15(13)27/h1-8H,(H,25,27)(H,26,28). The molecule has 0 unspecified atom stereocenters. The number of benzene rings is 2. The van der Waals surface area contributed by atoms with Crippen LogP contribution in [0.3, 0.4) is 0 Å². The van der Waals surface area contributed by atoms with E-state index in [1.54, 1.807) is 0 Å². The molecule has 0 bridgehead atoms. The molecule has 0 saturated heterocycles. The average Bonchev–Trinajstić information content (AvgIpc) is 2.60. The van der Waals surface area contributed by atoms with Crippen molar-refractivity contribution in [2.75, 3.05) is 5.32 Å². The van der Waals surface area contributed by atoms with Gasteiger partial charge in [-0.15, -0.1) is 0 Å². The maximum atomic E-state index is 12.7. The predicted octanol–water partition coefficient (Wildman–Crippen LogP) is 4.82. The first kappa shape index (κ1) is 19.5. The Morgan fingerprint density at radius 1 is 0.893 bits per heavy atom. The fourth-order valence-electron chi connectivity index (χ4n) is 2.54. The maximum absolute atomic E-state index is 12.7. The Bertz CT molecular complexity index is 1120. The van der Waals surface area contributed by atoms with Crippen molar-refractivity contribution in [3.8, 4) is 0 Å². The SMILES string of the molecule is O=C(Nc1cccc(C(F)(F)F)c1)c1c[nH]c2cc(C(F)(F)F)ccc2c1=O. The van der Waals surface area contributed by atoms with Crippen molar-refractivity contribution in [1.82, 2.24) is 4.98 Å². The molecule has 0 saturated carbocycles. The number of rotatable bonds is 2. The molecule has 0 fully saturated rings. The minimum atomic E-state index is -4.61. The summed E-state index contributed by atoms with van der Waals surface area (Å²) in [6, 6.07) is 6.16. The summed E-state index contributed by atoms with van der Waals surface area (Å²) in [5.74, 6) is -0.998. The fraction of sp³-hybridized carbons (Fsp3) is 0.111. The number of carbonyl (C=O) groups excluding carboxylic acids is 1. The van der Waals surface area contributed by atoms with Crippen LogP contribution in [0.2, 0.25) is 0 Å². The topological polar surface area (TPSA) is 62.0 Å². The van der Waals surface area contributed by atoms with Crippen molar-refractivity contribution in [2.24, 2.45) is 0 Å². The van der Waals surface area contributed by atoms with Crippen molar-refractivity contribution in [3.05, 3.63) is 75.6 Å². The lowest BCUT2D eigenvalue weighted by Crippen LogP contribution is -2.22. The van der Waals surface area contributed by atoms with Crippen LogP contribution in [0.1, 0.15) is 21.5 Å². The van der Waals surface area contributed by atoms with Gasteiger partial charge >= 0.3 is 12.4 Å². The van der Waals surface area contributed by atoms with Gasteiger partial charge in [-0.25, -0.2) is 0 Å². The maximum Gasteiger partial charge on any atom is 0.416 e. The van der Waals surface area contributed by atoms with Crippen LogP contribution in [-0.2, 0) is 12.4 Å². The molecule has 1 heterocycles. The predicted molar refractivity (Wildman–Crippen MR) is 89.0 cm³/mol. The largest absolute Gasteiger partial charge is 0.416 e. The Balaban J connectivity index is 1.95. The van der Waals surface area contributed by atoms with Crippen LogP contribution >= 0.6 is 0 Å². The molecule has 4 nitrogen and oxygen atoms in total. The minimum absolute atomic E-state index is 0.129. The van der Waals surface area contributed by atoms with Crippen molar-refractivity contribution in [2.45, 2.75) is 12.4 Å².